The molecule has 0 atom stereocenters. The van der Waals surface area contributed by atoms with E-state index < -0.39 is 0 Å². The summed E-state index contributed by atoms with van der Waals surface area (Å²) >= 11 is 0. The number of hydrogen-bond donors (Lipinski definition) is 2. The van der Waals surface area contributed by atoms with E-state index in [1.807, 2.05) is 24.4 Å². The van der Waals surface area contributed by atoms with Crippen LogP contribution in [0.3, 0.4) is 0 Å². The molecule has 0 aliphatic heterocycles. The number of anilines is 2. The maximum Gasteiger partial charge on any atom is 0.0743 e. The lowest BCUT2D eigenvalue weighted by Gasteiger charge is -2.12. The van der Waals surface area contributed by atoms with E-state index in [2.05, 4.69) is 16.4 Å². The van der Waals surface area contributed by atoms with Crippen molar-refractivity contribution in [3.8, 4) is 0 Å². The van der Waals surface area contributed by atoms with Gasteiger partial charge in [0.05, 0.1) is 5.52 Å². The Labute approximate surface area is 114 Å². The first-order valence-corrected chi connectivity index (χ1v) is 7.21. The predicted octanol–water partition coefficient (Wildman–Crippen LogP) is 3.81. The van der Waals surface area contributed by atoms with Crippen molar-refractivity contribution in [1.29, 1.82) is 0 Å². The van der Waals surface area contributed by atoms with Crippen molar-refractivity contribution in [3.63, 3.8) is 0 Å². The molecule has 1 aromatic carbocycles. The minimum atomic E-state index is 0.767. The first kappa shape index (κ1) is 12.3. The average molecular weight is 255 g/mol. The third-order valence-corrected chi connectivity index (χ3v) is 4.11. The van der Waals surface area contributed by atoms with E-state index in [9.17, 15) is 0 Å². The maximum atomic E-state index is 5.80. The Balaban J connectivity index is 1.70. The van der Waals surface area contributed by atoms with Crippen molar-refractivity contribution in [2.75, 3.05) is 17.6 Å². The lowest BCUT2D eigenvalue weighted by molar-refractivity contribution is 0.519. The summed E-state index contributed by atoms with van der Waals surface area (Å²) in [6, 6.07) is 7.96. The minimum Gasteiger partial charge on any atom is -0.399 e. The number of nitrogens with two attached hydrogens (primary N) is 1. The standard InChI is InChI=1S/C16H21N3/c17-13-5-6-14-15(8-10-19-16(14)11-13)18-9-7-12-3-1-2-4-12/h5-6,8,10-12H,1-4,7,9,17H2,(H,18,19). The maximum absolute atomic E-state index is 5.80. The van der Waals surface area contributed by atoms with Gasteiger partial charge in [0.2, 0.25) is 0 Å². The summed E-state index contributed by atoms with van der Waals surface area (Å²) in [5.74, 6) is 0.927. The second-order valence-electron chi connectivity index (χ2n) is 5.50. The zero-order valence-electron chi connectivity index (χ0n) is 11.2. The molecule has 1 fully saturated rings. The molecule has 1 aliphatic rings. The van der Waals surface area contributed by atoms with Crippen LogP contribution in [0.2, 0.25) is 0 Å². The fraction of sp³-hybridized carbons (Fsp3) is 0.438. The van der Waals surface area contributed by atoms with E-state index in [-0.39, 0.29) is 0 Å². The summed E-state index contributed by atoms with van der Waals surface area (Å²) in [6.45, 7) is 1.05. The third-order valence-electron chi connectivity index (χ3n) is 4.11. The molecule has 0 radical (unpaired) electrons. The lowest BCUT2D eigenvalue weighted by atomic mass is 10.0. The Hall–Kier alpha value is -1.77. The average Bonchev–Trinajstić information content (AvgIpc) is 2.92. The van der Waals surface area contributed by atoms with E-state index in [1.165, 1.54) is 37.8 Å². The lowest BCUT2D eigenvalue weighted by Crippen LogP contribution is -2.07. The highest BCUT2D eigenvalue weighted by Gasteiger charge is 2.14. The highest BCUT2D eigenvalue weighted by Crippen LogP contribution is 2.28. The van der Waals surface area contributed by atoms with Crippen molar-refractivity contribution in [3.05, 3.63) is 30.5 Å². The second kappa shape index (κ2) is 5.47. The molecule has 0 unspecified atom stereocenters. The zero-order chi connectivity index (χ0) is 13.1. The van der Waals surface area contributed by atoms with Gasteiger partial charge in [0, 0.05) is 29.5 Å². The fourth-order valence-electron chi connectivity index (χ4n) is 3.03. The van der Waals surface area contributed by atoms with Crippen LogP contribution in [0.15, 0.2) is 30.5 Å². The van der Waals surface area contributed by atoms with Gasteiger partial charge in [-0.2, -0.15) is 0 Å². The first-order valence-electron chi connectivity index (χ1n) is 7.21. The van der Waals surface area contributed by atoms with Gasteiger partial charge in [0.1, 0.15) is 0 Å². The molecular formula is C16H21N3. The molecule has 0 bridgehead atoms. The molecule has 3 rings (SSSR count). The van der Waals surface area contributed by atoms with Gasteiger partial charge in [-0.1, -0.05) is 25.7 Å². The van der Waals surface area contributed by atoms with Crippen LogP contribution < -0.4 is 11.1 Å². The molecule has 0 amide bonds. The number of benzene rings is 1. The molecule has 3 N–H and O–H groups in total. The number of hydrogen-bond acceptors (Lipinski definition) is 3. The summed E-state index contributed by atoms with van der Waals surface area (Å²) < 4.78 is 0. The van der Waals surface area contributed by atoms with E-state index in [0.29, 0.717) is 0 Å². The summed E-state index contributed by atoms with van der Waals surface area (Å²) in [5, 5.41) is 4.71. The van der Waals surface area contributed by atoms with Crippen molar-refractivity contribution in [1.82, 2.24) is 4.98 Å². The van der Waals surface area contributed by atoms with Crippen molar-refractivity contribution in [2.24, 2.45) is 5.92 Å². The summed E-state index contributed by atoms with van der Waals surface area (Å²) in [5.41, 5.74) is 8.70. The van der Waals surface area contributed by atoms with Crippen LogP contribution in [0.1, 0.15) is 32.1 Å². The molecule has 3 heteroatoms. The van der Waals surface area contributed by atoms with Gasteiger partial charge in [-0.05, 0) is 36.6 Å². The van der Waals surface area contributed by atoms with Crippen LogP contribution in [0, 0.1) is 5.92 Å². The van der Waals surface area contributed by atoms with Crippen LogP contribution in [0.5, 0.6) is 0 Å². The summed E-state index contributed by atoms with van der Waals surface area (Å²) in [7, 11) is 0. The molecule has 1 saturated carbocycles. The Morgan fingerprint density at radius 3 is 2.89 bits per heavy atom. The highest BCUT2D eigenvalue weighted by atomic mass is 14.9. The van der Waals surface area contributed by atoms with Crippen LogP contribution in [-0.2, 0) is 0 Å². The number of rotatable bonds is 4. The topological polar surface area (TPSA) is 50.9 Å². The molecule has 19 heavy (non-hydrogen) atoms. The summed E-state index contributed by atoms with van der Waals surface area (Å²) in [4.78, 5) is 4.37. The van der Waals surface area contributed by atoms with Crippen LogP contribution in [-0.4, -0.2) is 11.5 Å². The van der Waals surface area contributed by atoms with E-state index in [1.54, 1.807) is 0 Å². The molecule has 2 aromatic rings. The molecule has 1 aromatic heterocycles. The predicted molar refractivity (Wildman–Crippen MR) is 81.2 cm³/mol. The quantitative estimate of drug-likeness (QED) is 0.817. The summed E-state index contributed by atoms with van der Waals surface area (Å²) in [6.07, 6.45) is 8.79. The van der Waals surface area contributed by atoms with Gasteiger partial charge < -0.3 is 11.1 Å². The molecule has 0 saturated heterocycles. The van der Waals surface area contributed by atoms with Crippen LogP contribution in [0.4, 0.5) is 11.4 Å². The number of pyridine rings is 1. The smallest absolute Gasteiger partial charge is 0.0743 e. The Morgan fingerprint density at radius 2 is 2.05 bits per heavy atom. The third kappa shape index (κ3) is 2.80. The number of nitrogens with zero attached hydrogens (tertiary/aromatic N) is 1. The zero-order valence-corrected chi connectivity index (χ0v) is 11.2. The van der Waals surface area contributed by atoms with Crippen molar-refractivity contribution in [2.45, 2.75) is 32.1 Å². The Kier molecular flexibility index (Phi) is 3.53. The molecule has 3 nitrogen and oxygen atoms in total. The first-order chi connectivity index (χ1) is 9.33. The van der Waals surface area contributed by atoms with Crippen molar-refractivity contribution >= 4 is 22.3 Å². The second-order valence-corrected chi connectivity index (χ2v) is 5.50. The van der Waals surface area contributed by atoms with E-state index in [4.69, 9.17) is 5.73 Å². The van der Waals surface area contributed by atoms with Gasteiger partial charge in [-0.15, -0.1) is 0 Å². The van der Waals surface area contributed by atoms with Gasteiger partial charge in [-0.3, -0.25) is 4.98 Å². The molecule has 100 valence electrons. The number of nitrogen functional groups attached to an aromatic ring is 1. The molecule has 1 aliphatic carbocycles. The largest absolute Gasteiger partial charge is 0.399 e. The molecular weight excluding hydrogens is 234 g/mol. The Bertz CT molecular complexity index is 559. The number of aromatic nitrogens is 1. The molecule has 0 spiro atoms. The SMILES string of the molecule is Nc1ccc2c(NCCC3CCCC3)ccnc2c1. The number of nitrogens with one attached hydrogen (secondary N) is 1. The normalized spacial score (nSPS) is 16.0. The fourth-order valence-corrected chi connectivity index (χ4v) is 3.03. The molecule has 1 heterocycles. The van der Waals surface area contributed by atoms with Gasteiger partial charge >= 0.3 is 0 Å². The Morgan fingerprint density at radius 1 is 1.21 bits per heavy atom. The van der Waals surface area contributed by atoms with Gasteiger partial charge in [-0.25, -0.2) is 0 Å². The number of fused-ring (bicyclic) bond motifs is 1. The minimum absolute atomic E-state index is 0.767. The van der Waals surface area contributed by atoms with Crippen LogP contribution in [0.25, 0.3) is 10.9 Å². The van der Waals surface area contributed by atoms with Gasteiger partial charge in [0.15, 0.2) is 0 Å². The monoisotopic (exact) mass is 255 g/mol. The van der Waals surface area contributed by atoms with Crippen LogP contribution >= 0.6 is 0 Å². The van der Waals surface area contributed by atoms with E-state index in [0.717, 1.165) is 29.1 Å². The highest BCUT2D eigenvalue weighted by molar-refractivity contribution is 5.92. The van der Waals surface area contributed by atoms with E-state index >= 15 is 0 Å². The van der Waals surface area contributed by atoms with Gasteiger partial charge in [0.25, 0.3) is 0 Å². The van der Waals surface area contributed by atoms with Crippen molar-refractivity contribution < 1.29 is 0 Å².